The number of rotatable bonds is 0. The zero-order chi connectivity index (χ0) is 10.1. The lowest BCUT2D eigenvalue weighted by atomic mass is 10.2. The maximum Gasteiger partial charge on any atom is 0.224 e. The Morgan fingerprint density at radius 3 is 3.00 bits per heavy atom. The molecule has 0 atom stereocenters. The number of nitrogens with zero attached hydrogens (tertiary/aromatic N) is 3. The van der Waals surface area contributed by atoms with Crippen molar-refractivity contribution in [3.8, 4) is 0 Å². The number of anilines is 2. The fraction of sp³-hybridized carbons (Fsp3) is 0.400. The quantitative estimate of drug-likeness (QED) is 0.611. The van der Waals surface area contributed by atoms with Crippen LogP contribution in [-0.2, 0) is 4.79 Å². The first kappa shape index (κ1) is 8.99. The molecule has 0 aromatic carbocycles. The fourth-order valence-electron chi connectivity index (χ4n) is 1.70. The minimum absolute atomic E-state index is 0.0763. The normalized spacial score (nSPS) is 15.3. The highest BCUT2D eigenvalue weighted by Crippen LogP contribution is 2.29. The van der Waals surface area contributed by atoms with Gasteiger partial charge in [-0.25, -0.2) is 4.98 Å². The van der Waals surface area contributed by atoms with Crippen molar-refractivity contribution in [2.45, 2.75) is 6.92 Å². The van der Waals surface area contributed by atoms with Crippen molar-refractivity contribution in [2.24, 2.45) is 0 Å². The molecule has 2 rings (SSSR count). The molecule has 0 N–H and O–H groups in total. The predicted molar refractivity (Wildman–Crippen MR) is 55.5 cm³/mol. The van der Waals surface area contributed by atoms with E-state index < -0.39 is 0 Å². The van der Waals surface area contributed by atoms with Gasteiger partial charge in [0.2, 0.25) is 5.91 Å². The number of aromatic nitrogens is 1. The summed E-state index contributed by atoms with van der Waals surface area (Å²) >= 11 is 0. The average Bonchev–Trinajstić information content (AvgIpc) is 2.18. The first-order valence-electron chi connectivity index (χ1n) is 4.64. The summed E-state index contributed by atoms with van der Waals surface area (Å²) in [6.07, 6.45) is 1.75. The number of amides is 1. The summed E-state index contributed by atoms with van der Waals surface area (Å²) in [7, 11) is 1.99. The highest BCUT2D eigenvalue weighted by Gasteiger charge is 2.23. The number of hydrogen-bond acceptors (Lipinski definition) is 3. The van der Waals surface area contributed by atoms with Crippen molar-refractivity contribution in [3.63, 3.8) is 0 Å². The molecule has 1 aliphatic heterocycles. The van der Waals surface area contributed by atoms with Crippen LogP contribution >= 0.6 is 0 Å². The third-order valence-corrected chi connectivity index (χ3v) is 2.46. The van der Waals surface area contributed by atoms with E-state index in [2.05, 4.69) is 9.88 Å². The molecule has 14 heavy (non-hydrogen) atoms. The zero-order valence-electron chi connectivity index (χ0n) is 8.40. The summed E-state index contributed by atoms with van der Waals surface area (Å²) < 4.78 is 0. The van der Waals surface area contributed by atoms with Gasteiger partial charge >= 0.3 is 0 Å². The van der Waals surface area contributed by atoms with Crippen molar-refractivity contribution in [1.82, 2.24) is 4.98 Å². The van der Waals surface area contributed by atoms with Crippen molar-refractivity contribution < 1.29 is 4.79 Å². The molecule has 1 aromatic rings. The number of carbonyl (C=O) groups excluding carboxylic acids is 1. The molecule has 2 heterocycles. The molecule has 0 unspecified atom stereocenters. The van der Waals surface area contributed by atoms with Crippen LogP contribution in [0.2, 0.25) is 0 Å². The Hall–Kier alpha value is -1.58. The van der Waals surface area contributed by atoms with E-state index in [0.29, 0.717) is 0 Å². The largest absolute Gasteiger partial charge is 0.356 e. The minimum Gasteiger partial charge on any atom is -0.356 e. The second-order valence-electron chi connectivity index (χ2n) is 3.44. The van der Waals surface area contributed by atoms with Gasteiger partial charge in [0.15, 0.2) is 5.82 Å². The summed E-state index contributed by atoms with van der Waals surface area (Å²) in [5.41, 5.74) is 0.911. The van der Waals surface area contributed by atoms with Crippen LogP contribution in [0.15, 0.2) is 18.3 Å². The van der Waals surface area contributed by atoms with Crippen LogP contribution in [-0.4, -0.2) is 31.0 Å². The van der Waals surface area contributed by atoms with Crippen molar-refractivity contribution in [1.29, 1.82) is 0 Å². The molecule has 0 bridgehead atoms. The first-order chi connectivity index (χ1) is 6.70. The molecule has 1 aromatic heterocycles. The monoisotopic (exact) mass is 191 g/mol. The van der Waals surface area contributed by atoms with Crippen molar-refractivity contribution in [2.75, 3.05) is 29.9 Å². The van der Waals surface area contributed by atoms with Gasteiger partial charge < -0.3 is 9.80 Å². The zero-order valence-corrected chi connectivity index (χ0v) is 8.40. The highest BCUT2D eigenvalue weighted by molar-refractivity contribution is 5.95. The predicted octanol–water partition coefficient (Wildman–Crippen LogP) is 0.884. The van der Waals surface area contributed by atoms with Gasteiger partial charge in [0.05, 0.1) is 5.69 Å². The second-order valence-corrected chi connectivity index (χ2v) is 3.44. The lowest BCUT2D eigenvalue weighted by Crippen LogP contribution is -2.42. The molecule has 74 valence electrons. The smallest absolute Gasteiger partial charge is 0.224 e. The van der Waals surface area contributed by atoms with E-state index in [1.807, 2.05) is 19.2 Å². The minimum atomic E-state index is 0.0763. The van der Waals surface area contributed by atoms with E-state index in [-0.39, 0.29) is 5.91 Å². The molecule has 0 fully saturated rings. The van der Waals surface area contributed by atoms with Gasteiger partial charge in [-0.1, -0.05) is 0 Å². The van der Waals surface area contributed by atoms with Crippen molar-refractivity contribution in [3.05, 3.63) is 18.3 Å². The summed E-state index contributed by atoms with van der Waals surface area (Å²) in [6, 6.07) is 3.79. The summed E-state index contributed by atoms with van der Waals surface area (Å²) in [4.78, 5) is 19.4. The molecule has 1 aliphatic rings. The molecule has 0 spiro atoms. The Kier molecular flexibility index (Phi) is 2.11. The summed E-state index contributed by atoms with van der Waals surface area (Å²) in [6.45, 7) is 3.16. The first-order valence-corrected chi connectivity index (χ1v) is 4.64. The van der Waals surface area contributed by atoms with Gasteiger partial charge in [-0.15, -0.1) is 0 Å². The number of carbonyl (C=O) groups is 1. The summed E-state index contributed by atoms with van der Waals surface area (Å²) in [5.74, 6) is 0.960. The average molecular weight is 191 g/mol. The van der Waals surface area contributed by atoms with Crippen LogP contribution in [0.4, 0.5) is 11.5 Å². The topological polar surface area (TPSA) is 36.4 Å². The van der Waals surface area contributed by atoms with E-state index in [1.165, 1.54) is 0 Å². The van der Waals surface area contributed by atoms with E-state index in [9.17, 15) is 4.79 Å². The van der Waals surface area contributed by atoms with Crippen LogP contribution in [0.3, 0.4) is 0 Å². The lowest BCUT2D eigenvalue weighted by molar-refractivity contribution is -0.116. The fourth-order valence-corrected chi connectivity index (χ4v) is 1.70. The third-order valence-electron chi connectivity index (χ3n) is 2.46. The molecule has 0 aliphatic carbocycles. The molecule has 4 nitrogen and oxygen atoms in total. The molecule has 0 saturated heterocycles. The molecular formula is C10H13N3O. The maximum absolute atomic E-state index is 11.3. The SMILES string of the molecule is CC(=O)N1CCN(C)c2ncccc21. The Morgan fingerprint density at radius 1 is 1.50 bits per heavy atom. The van der Waals surface area contributed by atoms with Crippen LogP contribution in [0, 0.1) is 0 Å². The van der Waals surface area contributed by atoms with Gasteiger partial charge in [-0.05, 0) is 12.1 Å². The van der Waals surface area contributed by atoms with Gasteiger partial charge in [0.1, 0.15) is 0 Å². The van der Waals surface area contributed by atoms with E-state index in [1.54, 1.807) is 18.0 Å². The molecule has 1 amide bonds. The number of hydrogen-bond donors (Lipinski definition) is 0. The van der Waals surface area contributed by atoms with Crippen molar-refractivity contribution >= 4 is 17.4 Å². The molecule has 4 heteroatoms. The second kappa shape index (κ2) is 3.29. The highest BCUT2D eigenvalue weighted by atomic mass is 16.2. The molecule has 0 radical (unpaired) electrons. The number of likely N-dealkylation sites (N-methyl/N-ethyl adjacent to an activating group) is 1. The molecule has 0 saturated carbocycles. The van der Waals surface area contributed by atoms with Crippen LogP contribution in [0.25, 0.3) is 0 Å². The van der Waals surface area contributed by atoms with Gasteiger partial charge in [-0.2, -0.15) is 0 Å². The number of fused-ring (bicyclic) bond motifs is 1. The van der Waals surface area contributed by atoms with Crippen LogP contribution < -0.4 is 9.80 Å². The van der Waals surface area contributed by atoms with Gasteiger partial charge in [0.25, 0.3) is 0 Å². The van der Waals surface area contributed by atoms with E-state index >= 15 is 0 Å². The lowest BCUT2D eigenvalue weighted by Gasteiger charge is -2.33. The maximum atomic E-state index is 11.3. The number of pyridine rings is 1. The van der Waals surface area contributed by atoms with E-state index in [0.717, 1.165) is 24.6 Å². The third kappa shape index (κ3) is 1.32. The van der Waals surface area contributed by atoms with Crippen LogP contribution in [0.5, 0.6) is 0 Å². The Morgan fingerprint density at radius 2 is 2.29 bits per heavy atom. The Balaban J connectivity index is 2.46. The van der Waals surface area contributed by atoms with E-state index in [4.69, 9.17) is 0 Å². The summed E-state index contributed by atoms with van der Waals surface area (Å²) in [5, 5.41) is 0. The van der Waals surface area contributed by atoms with Gasteiger partial charge in [-0.3, -0.25) is 4.79 Å². The Bertz CT molecular complexity index is 364. The molecular weight excluding hydrogens is 178 g/mol. The standard InChI is InChI=1S/C10H13N3O/c1-8(14)13-7-6-12(2)10-9(13)4-3-5-11-10/h3-5H,6-7H2,1-2H3. The van der Waals surface area contributed by atoms with Gasteiger partial charge in [0, 0.05) is 33.3 Å². The Labute approximate surface area is 83.2 Å². The van der Waals surface area contributed by atoms with Crippen LogP contribution in [0.1, 0.15) is 6.92 Å².